The Morgan fingerprint density at radius 1 is 0.907 bits per heavy atom. The number of aliphatic hydroxyl groups is 1. The van der Waals surface area contributed by atoms with Crippen molar-refractivity contribution in [1.29, 1.82) is 0 Å². The molecule has 2 aromatic heterocycles. The van der Waals surface area contributed by atoms with Crippen LogP contribution < -0.4 is 15.4 Å². The molecule has 5 heterocycles. The number of ether oxygens (including phenoxy) is 3. The molecule has 0 bridgehead atoms. The van der Waals surface area contributed by atoms with Crippen LogP contribution in [0, 0.1) is 30.5 Å². The number of nitrogens with one attached hydrogen (secondary N) is 2. The monoisotopic (exact) mass is 1060 g/mol. The Morgan fingerprint density at radius 2 is 1.69 bits per heavy atom. The lowest BCUT2D eigenvalue weighted by molar-refractivity contribution is -0.143. The Balaban J connectivity index is 0.777. The van der Waals surface area contributed by atoms with Gasteiger partial charge in [0.2, 0.25) is 11.8 Å². The van der Waals surface area contributed by atoms with Crippen molar-refractivity contribution in [3.05, 3.63) is 146 Å². The lowest BCUT2D eigenvalue weighted by atomic mass is 10.0. The van der Waals surface area contributed by atoms with Crippen molar-refractivity contribution in [1.82, 2.24) is 30.0 Å². The molecule has 3 aliphatic heterocycles. The minimum Gasteiger partial charge on any atom is -0.508 e. The van der Waals surface area contributed by atoms with Crippen molar-refractivity contribution in [2.24, 2.45) is 5.92 Å². The quantitative estimate of drug-likeness (QED) is 0.0507. The number of benzene rings is 4. The first kappa shape index (κ1) is 52.3. The highest BCUT2D eigenvalue weighted by Crippen LogP contribution is 2.38. The summed E-state index contributed by atoms with van der Waals surface area (Å²) in [5.41, 5.74) is 6.83. The Morgan fingerprint density at radius 3 is 2.47 bits per heavy atom. The summed E-state index contributed by atoms with van der Waals surface area (Å²) in [5.74, 6) is 2.94. The molecule has 6 aromatic rings. The number of nitrogens with zero attached hydrogens (tertiary/aromatic N) is 5. The van der Waals surface area contributed by atoms with E-state index in [0.29, 0.717) is 33.6 Å². The number of carbonyl (C=O) groups is 5. The van der Waals surface area contributed by atoms with E-state index in [9.17, 15) is 38.6 Å². The molecule has 388 valence electrons. The zero-order chi connectivity index (χ0) is 52.8. The molecule has 1 saturated heterocycles. The SMILES string of the molecule is Cc1ncsc1-c1ccc(CNC(=O)[C@@H]2C[C@@H](O)CN2C(=O)[C@H](C(C)C)N2Cc3ccccc3C2=O)c(OCCOCCOCC#Cc2cccc3c2C(=O)N([C@H](C(=O)Nc2nccs2)c2cc(F)ccc2O)C3)c1. The van der Waals surface area contributed by atoms with Gasteiger partial charge in [0, 0.05) is 66.4 Å². The second-order valence-electron chi connectivity index (χ2n) is 18.5. The van der Waals surface area contributed by atoms with Crippen LogP contribution in [0.4, 0.5) is 9.52 Å². The number of β-amino-alcohol motifs (C(OH)–C–C–N with tert-alkyl or cyclic N) is 1. The predicted octanol–water partition coefficient (Wildman–Crippen LogP) is 6.48. The van der Waals surface area contributed by atoms with Crippen LogP contribution in [-0.2, 0) is 43.5 Å². The summed E-state index contributed by atoms with van der Waals surface area (Å²) in [6.07, 6.45) is 0.649. The van der Waals surface area contributed by atoms with Gasteiger partial charge in [-0.3, -0.25) is 29.3 Å². The molecule has 4 aromatic carbocycles. The first-order chi connectivity index (χ1) is 36.3. The second-order valence-corrected chi connectivity index (χ2v) is 20.3. The summed E-state index contributed by atoms with van der Waals surface area (Å²) >= 11 is 2.67. The third-order valence-corrected chi connectivity index (χ3v) is 14.9. The van der Waals surface area contributed by atoms with Crippen LogP contribution in [0.3, 0.4) is 0 Å². The van der Waals surface area contributed by atoms with Gasteiger partial charge in [-0.1, -0.05) is 68.2 Å². The van der Waals surface area contributed by atoms with E-state index in [0.717, 1.165) is 39.9 Å². The third-order valence-electron chi connectivity index (χ3n) is 13.2. The number of aromatic hydroxyl groups is 1. The van der Waals surface area contributed by atoms with Crippen LogP contribution in [0.1, 0.15) is 80.5 Å². The normalized spacial score (nSPS) is 16.6. The van der Waals surface area contributed by atoms with Crippen LogP contribution in [0.5, 0.6) is 11.5 Å². The largest absolute Gasteiger partial charge is 0.508 e. The van der Waals surface area contributed by atoms with Crippen molar-refractivity contribution in [2.75, 3.05) is 44.9 Å². The van der Waals surface area contributed by atoms with Crippen LogP contribution in [0.15, 0.2) is 96.0 Å². The number of fused-ring (bicyclic) bond motifs is 2. The highest BCUT2D eigenvalue weighted by atomic mass is 32.1. The van der Waals surface area contributed by atoms with E-state index < -0.39 is 47.8 Å². The molecule has 0 saturated carbocycles. The van der Waals surface area contributed by atoms with Crippen molar-refractivity contribution in [2.45, 2.75) is 71.1 Å². The number of aryl methyl sites for hydroxylation is 1. The molecular formula is C55H54FN7O10S2. The molecule has 0 unspecified atom stereocenters. The molecule has 0 spiro atoms. The summed E-state index contributed by atoms with van der Waals surface area (Å²) in [7, 11) is 0. The topological polar surface area (TPSA) is 213 Å². The minimum absolute atomic E-state index is 0.0109. The number of thiazole rings is 2. The number of likely N-dealkylation sites (tertiary alicyclic amines) is 1. The summed E-state index contributed by atoms with van der Waals surface area (Å²) in [5, 5.41) is 29.1. The molecule has 20 heteroatoms. The van der Waals surface area contributed by atoms with Gasteiger partial charge in [0.05, 0.1) is 47.6 Å². The fourth-order valence-electron chi connectivity index (χ4n) is 9.65. The van der Waals surface area contributed by atoms with E-state index in [-0.39, 0.29) is 99.8 Å². The van der Waals surface area contributed by atoms with Gasteiger partial charge in [-0.15, -0.1) is 22.7 Å². The number of hydrogen-bond donors (Lipinski definition) is 4. The van der Waals surface area contributed by atoms with Gasteiger partial charge < -0.3 is 44.4 Å². The molecule has 4 N–H and O–H groups in total. The van der Waals surface area contributed by atoms with E-state index in [1.54, 1.807) is 46.1 Å². The Labute approximate surface area is 440 Å². The fraction of sp³-hybridized carbons (Fsp3) is 0.327. The maximum absolute atomic E-state index is 14.5. The molecule has 9 rings (SSSR count). The van der Waals surface area contributed by atoms with Gasteiger partial charge in [0.25, 0.3) is 17.7 Å². The third kappa shape index (κ3) is 11.6. The van der Waals surface area contributed by atoms with Crippen molar-refractivity contribution >= 4 is 57.3 Å². The fourth-order valence-corrected chi connectivity index (χ4v) is 11.0. The molecular weight excluding hydrogens is 1000 g/mol. The van der Waals surface area contributed by atoms with Gasteiger partial charge in [-0.05, 0) is 65.9 Å². The number of rotatable bonds is 19. The van der Waals surface area contributed by atoms with E-state index in [4.69, 9.17) is 14.2 Å². The smallest absolute Gasteiger partial charge is 0.256 e. The van der Waals surface area contributed by atoms with E-state index in [1.807, 2.05) is 51.1 Å². The highest BCUT2D eigenvalue weighted by molar-refractivity contribution is 7.14. The number of carbonyl (C=O) groups excluding carboxylic acids is 5. The maximum atomic E-state index is 14.5. The average molecular weight is 1060 g/mol. The number of anilines is 1. The average Bonchev–Trinajstić information content (AvgIpc) is 4.28. The zero-order valence-electron chi connectivity index (χ0n) is 41.3. The van der Waals surface area contributed by atoms with Crippen LogP contribution >= 0.6 is 22.7 Å². The number of phenols is 1. The first-order valence-electron chi connectivity index (χ1n) is 24.3. The lowest BCUT2D eigenvalue weighted by Crippen LogP contribution is -2.55. The molecule has 1 fully saturated rings. The van der Waals surface area contributed by atoms with Gasteiger partial charge in [0.1, 0.15) is 48.7 Å². The first-order valence-corrected chi connectivity index (χ1v) is 26.1. The van der Waals surface area contributed by atoms with Gasteiger partial charge in [-0.2, -0.15) is 0 Å². The van der Waals surface area contributed by atoms with Crippen LogP contribution in [-0.4, -0.2) is 122 Å². The number of aliphatic hydroxyl groups excluding tert-OH is 1. The molecule has 75 heavy (non-hydrogen) atoms. The van der Waals surface area contributed by atoms with E-state index in [2.05, 4.69) is 32.4 Å². The molecule has 3 aliphatic rings. The number of hydrogen-bond acceptors (Lipinski definition) is 14. The number of phenolic OH excluding ortho intramolecular Hbond substituents is 1. The van der Waals surface area contributed by atoms with Crippen molar-refractivity contribution in [3.63, 3.8) is 0 Å². The van der Waals surface area contributed by atoms with E-state index >= 15 is 0 Å². The summed E-state index contributed by atoms with van der Waals surface area (Å²) in [4.78, 5) is 83.1. The maximum Gasteiger partial charge on any atom is 0.256 e. The molecule has 0 radical (unpaired) electrons. The molecule has 17 nitrogen and oxygen atoms in total. The van der Waals surface area contributed by atoms with Crippen molar-refractivity contribution in [3.8, 4) is 33.8 Å². The van der Waals surface area contributed by atoms with Crippen molar-refractivity contribution < 1.29 is 52.8 Å². The van der Waals surface area contributed by atoms with E-state index in [1.165, 1.54) is 38.7 Å². The number of amides is 5. The van der Waals surface area contributed by atoms with Gasteiger partial charge >= 0.3 is 0 Å². The number of halogens is 1. The second kappa shape index (κ2) is 23.3. The highest BCUT2D eigenvalue weighted by Gasteiger charge is 2.46. The molecule has 5 amide bonds. The Kier molecular flexibility index (Phi) is 16.3. The lowest BCUT2D eigenvalue weighted by Gasteiger charge is -2.35. The Bertz CT molecular complexity index is 3170. The van der Waals surface area contributed by atoms with Gasteiger partial charge in [0.15, 0.2) is 5.13 Å². The van der Waals surface area contributed by atoms with Crippen LogP contribution in [0.2, 0.25) is 0 Å². The van der Waals surface area contributed by atoms with Gasteiger partial charge in [-0.25, -0.2) is 14.4 Å². The Hall–Kier alpha value is -7.54. The zero-order valence-corrected chi connectivity index (χ0v) is 42.9. The molecule has 4 atom stereocenters. The summed E-state index contributed by atoms with van der Waals surface area (Å²) in [6, 6.07) is 18.2. The van der Waals surface area contributed by atoms with Crippen LogP contribution in [0.25, 0.3) is 10.4 Å². The minimum atomic E-state index is -1.38. The number of aromatic nitrogens is 2. The predicted molar refractivity (Wildman–Crippen MR) is 277 cm³/mol. The standard InChI is InChI=1S/C55H54FN7O10S2/c1-32(2)47(62-28-37-8-4-5-12-41(37)52(62)68)54(70)61-30-40(64)26-43(61)50(66)58-27-36-14-13-35(49-33(3)59-31-75-49)24-45(36)73-22-21-72-20-19-71-18-7-11-34-9-6-10-38-29-63(53(69)46(34)38)48(42-25-39(56)15-16-44(42)65)51(67)60-55-57-17-23-74-55/h4-6,8-10,12-17,23-25,31-32,40,43,47-48,64-65H,18-22,26-30H2,1-3H3,(H,58,66)(H,57,60,67)/t40-,43+,47+,48+/m1/s1. The summed E-state index contributed by atoms with van der Waals surface area (Å²) < 4.78 is 32.3. The summed E-state index contributed by atoms with van der Waals surface area (Å²) in [6.45, 7) is 6.80. The molecule has 0 aliphatic carbocycles.